The Morgan fingerprint density at radius 1 is 1.16 bits per heavy atom. The van der Waals surface area contributed by atoms with Crippen molar-refractivity contribution in [1.82, 2.24) is 14.7 Å². The molecule has 3 rings (SSSR count). The van der Waals surface area contributed by atoms with Crippen molar-refractivity contribution in [3.05, 3.63) is 59.9 Å². The molecule has 1 atom stereocenters. The van der Waals surface area contributed by atoms with Gasteiger partial charge in [0.1, 0.15) is 11.9 Å². The third kappa shape index (κ3) is 5.71. The lowest BCUT2D eigenvalue weighted by Crippen LogP contribution is -2.44. The molecular formula is C23H29N3O4S. The number of aromatic amines is 1. The van der Waals surface area contributed by atoms with Gasteiger partial charge in [-0.2, -0.15) is 4.72 Å². The number of aromatic nitrogens is 2. The first-order valence-corrected chi connectivity index (χ1v) is 11.8. The number of rotatable bonds is 9. The molecule has 2 N–H and O–H groups in total. The Bertz CT molecular complexity index is 1150. The average molecular weight is 444 g/mol. The Morgan fingerprint density at radius 3 is 2.55 bits per heavy atom. The Hall–Kier alpha value is -2.71. The van der Waals surface area contributed by atoms with Crippen molar-refractivity contribution < 1.29 is 17.9 Å². The summed E-state index contributed by atoms with van der Waals surface area (Å²) in [5.74, 6) is 0.254. The van der Waals surface area contributed by atoms with Gasteiger partial charge >= 0.3 is 5.97 Å². The summed E-state index contributed by atoms with van der Waals surface area (Å²) in [6.45, 7) is 7.80. The number of fused-ring (bicyclic) bond motifs is 1. The zero-order valence-electron chi connectivity index (χ0n) is 18.3. The zero-order chi connectivity index (χ0) is 22.6. The number of aryl methyl sites for hydroxylation is 1. The summed E-state index contributed by atoms with van der Waals surface area (Å²) in [5.41, 5.74) is 2.49. The van der Waals surface area contributed by atoms with E-state index in [1.807, 2.05) is 39.0 Å². The number of hydrogen-bond acceptors (Lipinski definition) is 5. The molecule has 3 aromatic rings. The van der Waals surface area contributed by atoms with Gasteiger partial charge in [0.2, 0.25) is 10.0 Å². The number of sulfonamides is 1. The Labute approximate surface area is 183 Å². The molecule has 0 radical (unpaired) electrons. The summed E-state index contributed by atoms with van der Waals surface area (Å²) < 4.78 is 33.4. The van der Waals surface area contributed by atoms with Crippen molar-refractivity contribution in [2.24, 2.45) is 5.41 Å². The Morgan fingerprint density at radius 2 is 1.87 bits per heavy atom. The quantitative estimate of drug-likeness (QED) is 0.491. The molecule has 0 aliphatic heterocycles. The lowest BCUT2D eigenvalue weighted by Gasteiger charge is -2.29. The fraction of sp³-hybridized carbons (Fsp3) is 0.391. The van der Waals surface area contributed by atoms with Gasteiger partial charge in [-0.05, 0) is 55.9 Å². The Balaban J connectivity index is 1.85. The largest absolute Gasteiger partial charge is 0.465 e. The molecule has 0 aliphatic rings. The number of benzene rings is 2. The highest BCUT2D eigenvalue weighted by Gasteiger charge is 2.33. The number of H-pyrrole nitrogens is 1. The van der Waals surface area contributed by atoms with Crippen molar-refractivity contribution in [3.8, 4) is 0 Å². The number of esters is 1. The van der Waals surface area contributed by atoms with Gasteiger partial charge in [0, 0.05) is 0 Å². The summed E-state index contributed by atoms with van der Waals surface area (Å²) in [4.78, 5) is 20.6. The van der Waals surface area contributed by atoms with Crippen LogP contribution in [0.2, 0.25) is 0 Å². The van der Waals surface area contributed by atoms with Crippen molar-refractivity contribution in [2.75, 3.05) is 6.61 Å². The first-order chi connectivity index (χ1) is 14.6. The van der Waals surface area contributed by atoms with E-state index in [0.29, 0.717) is 6.42 Å². The number of para-hydroxylation sites is 1. The third-order valence-corrected chi connectivity index (χ3v) is 6.55. The van der Waals surface area contributed by atoms with Crippen LogP contribution in [-0.4, -0.2) is 37.0 Å². The molecule has 0 saturated carbocycles. The van der Waals surface area contributed by atoms with Gasteiger partial charge < -0.3 is 9.72 Å². The second kappa shape index (κ2) is 9.20. The van der Waals surface area contributed by atoms with E-state index in [2.05, 4.69) is 14.7 Å². The molecule has 0 unspecified atom stereocenters. The monoisotopic (exact) mass is 443 g/mol. The Kier molecular flexibility index (Phi) is 6.81. The number of ether oxygens (including phenoxy) is 1. The van der Waals surface area contributed by atoms with E-state index < -0.39 is 27.4 Å². The van der Waals surface area contributed by atoms with Crippen LogP contribution in [0.1, 0.15) is 38.6 Å². The summed E-state index contributed by atoms with van der Waals surface area (Å²) in [5, 5.41) is 0. The topological polar surface area (TPSA) is 101 Å². The predicted molar refractivity (Wildman–Crippen MR) is 120 cm³/mol. The van der Waals surface area contributed by atoms with Crippen molar-refractivity contribution in [1.29, 1.82) is 0 Å². The van der Waals surface area contributed by atoms with Gasteiger partial charge in [0.15, 0.2) is 0 Å². The van der Waals surface area contributed by atoms with Gasteiger partial charge in [-0.3, -0.25) is 4.79 Å². The van der Waals surface area contributed by atoms with Crippen LogP contribution in [0, 0.1) is 12.3 Å². The molecule has 0 amide bonds. The lowest BCUT2D eigenvalue weighted by atomic mass is 9.80. The minimum absolute atomic E-state index is 0.110. The number of imidazole rings is 1. The maximum Gasteiger partial charge on any atom is 0.324 e. The minimum Gasteiger partial charge on any atom is -0.465 e. The average Bonchev–Trinajstić information content (AvgIpc) is 3.09. The zero-order valence-corrected chi connectivity index (χ0v) is 19.1. The SMILES string of the molecule is CCOC(=O)[C@H](CC(C)(C)Cc1cccc2[nH]c(C)nc12)NS(=O)(=O)c1ccccc1. The maximum absolute atomic E-state index is 12.8. The van der Waals surface area contributed by atoms with Gasteiger partial charge in [-0.15, -0.1) is 0 Å². The molecule has 0 saturated heterocycles. The van der Waals surface area contributed by atoms with Crippen LogP contribution >= 0.6 is 0 Å². The number of nitrogens with zero attached hydrogens (tertiary/aromatic N) is 1. The molecule has 1 heterocycles. The van der Waals surface area contributed by atoms with E-state index in [-0.39, 0.29) is 17.9 Å². The fourth-order valence-electron chi connectivity index (χ4n) is 3.77. The van der Waals surface area contributed by atoms with E-state index in [4.69, 9.17) is 4.74 Å². The molecule has 7 nitrogen and oxygen atoms in total. The van der Waals surface area contributed by atoms with E-state index in [9.17, 15) is 13.2 Å². The normalized spacial score (nSPS) is 13.3. The van der Waals surface area contributed by atoms with Crippen LogP contribution in [0.5, 0.6) is 0 Å². The number of nitrogens with one attached hydrogen (secondary N) is 2. The third-order valence-electron chi connectivity index (χ3n) is 5.06. The summed E-state index contributed by atoms with van der Waals surface area (Å²) >= 11 is 0. The molecule has 2 aromatic carbocycles. The van der Waals surface area contributed by atoms with Crippen LogP contribution in [0.3, 0.4) is 0 Å². The summed E-state index contributed by atoms with van der Waals surface area (Å²) in [6.07, 6.45) is 0.898. The molecule has 166 valence electrons. The highest BCUT2D eigenvalue weighted by atomic mass is 32.2. The molecule has 0 bridgehead atoms. The summed E-state index contributed by atoms with van der Waals surface area (Å²) in [6, 6.07) is 13.0. The lowest BCUT2D eigenvalue weighted by molar-refractivity contribution is -0.146. The standard InChI is InChI=1S/C23H29N3O4S/c1-5-30-22(27)20(26-31(28,29)18-11-7-6-8-12-18)15-23(3,4)14-17-10-9-13-19-21(17)25-16(2)24-19/h6-13,20,26H,5,14-15H2,1-4H3,(H,24,25)/t20-/m0/s1. The number of carbonyl (C=O) groups is 1. The first-order valence-electron chi connectivity index (χ1n) is 10.3. The molecule has 0 spiro atoms. The predicted octanol–water partition coefficient (Wildman–Crippen LogP) is 3.74. The van der Waals surface area contributed by atoms with E-state index in [1.165, 1.54) is 12.1 Å². The molecular weight excluding hydrogens is 414 g/mol. The smallest absolute Gasteiger partial charge is 0.324 e. The molecule has 1 aromatic heterocycles. The molecule has 31 heavy (non-hydrogen) atoms. The van der Waals surface area contributed by atoms with Crippen LogP contribution < -0.4 is 4.72 Å². The van der Waals surface area contributed by atoms with Crippen molar-refractivity contribution in [2.45, 2.75) is 51.5 Å². The van der Waals surface area contributed by atoms with Gasteiger partial charge in [0.05, 0.1) is 22.5 Å². The minimum atomic E-state index is -3.87. The van der Waals surface area contributed by atoms with Gasteiger partial charge in [0.25, 0.3) is 0 Å². The van der Waals surface area contributed by atoms with Crippen LogP contribution in [0.15, 0.2) is 53.4 Å². The highest BCUT2D eigenvalue weighted by Crippen LogP contribution is 2.31. The number of hydrogen-bond donors (Lipinski definition) is 2. The number of carbonyl (C=O) groups excluding carboxylic acids is 1. The second-order valence-electron chi connectivity index (χ2n) is 8.42. The van der Waals surface area contributed by atoms with Gasteiger partial charge in [-0.1, -0.05) is 44.2 Å². The first kappa shape index (κ1) is 23.0. The summed E-state index contributed by atoms with van der Waals surface area (Å²) in [7, 11) is -3.87. The van der Waals surface area contributed by atoms with Crippen LogP contribution in [-0.2, 0) is 26.0 Å². The molecule has 8 heteroatoms. The molecule has 0 fully saturated rings. The van der Waals surface area contributed by atoms with Gasteiger partial charge in [-0.25, -0.2) is 13.4 Å². The van der Waals surface area contributed by atoms with Crippen molar-refractivity contribution >= 4 is 27.0 Å². The molecule has 0 aliphatic carbocycles. The van der Waals surface area contributed by atoms with E-state index in [0.717, 1.165) is 22.4 Å². The maximum atomic E-state index is 12.8. The van der Waals surface area contributed by atoms with Crippen molar-refractivity contribution in [3.63, 3.8) is 0 Å². The van der Waals surface area contributed by atoms with E-state index in [1.54, 1.807) is 25.1 Å². The fourth-order valence-corrected chi connectivity index (χ4v) is 4.97. The highest BCUT2D eigenvalue weighted by molar-refractivity contribution is 7.89. The van der Waals surface area contributed by atoms with Crippen LogP contribution in [0.25, 0.3) is 11.0 Å². The van der Waals surface area contributed by atoms with E-state index >= 15 is 0 Å². The second-order valence-corrected chi connectivity index (χ2v) is 10.1. The van der Waals surface area contributed by atoms with Crippen LogP contribution in [0.4, 0.5) is 0 Å².